The molecule has 0 bridgehead atoms. The smallest absolute Gasteiger partial charge is 0.216 e. The number of nitrogens with one attached hydrogen (secondary N) is 1. The minimum absolute atomic E-state index is 0.0544. The summed E-state index contributed by atoms with van der Waals surface area (Å²) in [6.45, 7) is 12.0. The second-order valence-electron chi connectivity index (χ2n) is 5.11. The summed E-state index contributed by atoms with van der Waals surface area (Å²) >= 11 is 0. The normalized spacial score (nSPS) is 10.5. The van der Waals surface area contributed by atoms with Crippen LogP contribution in [0.4, 0.5) is 4.39 Å². The van der Waals surface area contributed by atoms with E-state index < -0.39 is 0 Å². The summed E-state index contributed by atoms with van der Waals surface area (Å²) in [6.07, 6.45) is 4.91. The van der Waals surface area contributed by atoms with Gasteiger partial charge in [0.25, 0.3) is 0 Å². The van der Waals surface area contributed by atoms with Gasteiger partial charge in [0, 0.05) is 19.7 Å². The van der Waals surface area contributed by atoms with E-state index in [-0.39, 0.29) is 11.7 Å². The molecule has 0 saturated carbocycles. The summed E-state index contributed by atoms with van der Waals surface area (Å²) in [6, 6.07) is 5.71. The van der Waals surface area contributed by atoms with Crippen LogP contribution in [-0.4, -0.2) is 18.7 Å². The standard InChI is InChI=1S/C12H12FNO.C6H13NO/c1-3-8-14-9-10(2)15-12-6-4-11(13)5-7-12;1-5(2)4-7-6(3)8/h3-9H,2H2,1H3;5H,4H2,1-3H3,(H,7,8)/b8-3-,14-9?;. The highest BCUT2D eigenvalue weighted by Crippen LogP contribution is 2.13. The third-order valence-electron chi connectivity index (χ3n) is 2.28. The first-order chi connectivity index (χ1) is 10.8. The summed E-state index contributed by atoms with van der Waals surface area (Å²) in [4.78, 5) is 14.1. The fourth-order valence-electron chi connectivity index (χ4n) is 1.24. The first-order valence-electron chi connectivity index (χ1n) is 7.36. The molecule has 1 N–H and O–H groups in total. The highest BCUT2D eigenvalue weighted by Gasteiger charge is 1.95. The van der Waals surface area contributed by atoms with Gasteiger partial charge in [-0.2, -0.15) is 0 Å². The molecule has 1 amide bonds. The van der Waals surface area contributed by atoms with Gasteiger partial charge in [0.15, 0.2) is 0 Å². The Kier molecular flexibility index (Phi) is 10.9. The summed E-state index contributed by atoms with van der Waals surface area (Å²) in [7, 11) is 0. The van der Waals surface area contributed by atoms with Gasteiger partial charge in [0.2, 0.25) is 5.91 Å². The lowest BCUT2D eigenvalue weighted by atomic mass is 10.2. The lowest BCUT2D eigenvalue weighted by Crippen LogP contribution is -2.24. The molecule has 0 saturated heterocycles. The van der Waals surface area contributed by atoms with Crippen LogP contribution in [0.2, 0.25) is 0 Å². The summed E-state index contributed by atoms with van der Waals surface area (Å²) in [5.74, 6) is 1.25. The molecule has 0 spiro atoms. The van der Waals surface area contributed by atoms with Crippen LogP contribution < -0.4 is 10.1 Å². The maximum atomic E-state index is 12.6. The average molecular weight is 320 g/mol. The third-order valence-corrected chi connectivity index (χ3v) is 2.28. The Hall–Kier alpha value is -2.43. The molecule has 0 aliphatic carbocycles. The Labute approximate surface area is 137 Å². The summed E-state index contributed by atoms with van der Waals surface area (Å²) < 4.78 is 17.8. The highest BCUT2D eigenvalue weighted by atomic mass is 19.1. The van der Waals surface area contributed by atoms with Crippen LogP contribution in [0, 0.1) is 11.7 Å². The quantitative estimate of drug-likeness (QED) is 0.633. The molecule has 0 aliphatic heterocycles. The van der Waals surface area contributed by atoms with Crippen molar-refractivity contribution in [3.63, 3.8) is 0 Å². The zero-order chi connectivity index (χ0) is 17.7. The molecule has 0 fully saturated rings. The minimum Gasteiger partial charge on any atom is -0.456 e. The van der Waals surface area contributed by atoms with Crippen molar-refractivity contribution in [3.05, 3.63) is 54.7 Å². The largest absolute Gasteiger partial charge is 0.456 e. The van der Waals surface area contributed by atoms with Gasteiger partial charge in [-0.15, -0.1) is 0 Å². The number of rotatable bonds is 6. The second kappa shape index (κ2) is 12.1. The summed E-state index contributed by atoms with van der Waals surface area (Å²) in [5.41, 5.74) is 0. The van der Waals surface area contributed by atoms with Crippen molar-refractivity contribution in [2.75, 3.05) is 6.54 Å². The number of halogens is 1. The average Bonchev–Trinajstić information content (AvgIpc) is 2.48. The predicted octanol–water partition coefficient (Wildman–Crippen LogP) is 4.10. The number of benzene rings is 1. The van der Waals surface area contributed by atoms with E-state index in [1.807, 2.05) is 6.92 Å². The molecule has 0 aliphatic rings. The van der Waals surface area contributed by atoms with Crippen molar-refractivity contribution in [1.29, 1.82) is 0 Å². The summed E-state index contributed by atoms with van der Waals surface area (Å²) in [5, 5.41) is 2.71. The van der Waals surface area contributed by atoms with Crippen LogP contribution in [0.1, 0.15) is 27.7 Å². The molecule has 5 heteroatoms. The van der Waals surface area contributed by atoms with Crippen molar-refractivity contribution in [1.82, 2.24) is 5.32 Å². The van der Waals surface area contributed by atoms with Crippen LogP contribution >= 0.6 is 0 Å². The zero-order valence-electron chi connectivity index (χ0n) is 14.2. The first kappa shape index (κ1) is 20.6. The SMILES string of the molecule is C=C(C=N/C=C\C)Oc1ccc(F)cc1.CC(=O)NCC(C)C. The molecule has 1 aromatic rings. The first-order valence-corrected chi connectivity index (χ1v) is 7.36. The number of allylic oxidation sites excluding steroid dienone is 2. The molecule has 4 nitrogen and oxygen atoms in total. The van der Waals surface area contributed by atoms with E-state index in [0.717, 1.165) is 6.54 Å². The van der Waals surface area contributed by atoms with Gasteiger partial charge in [-0.3, -0.25) is 9.79 Å². The number of aliphatic imine (C=N–C) groups is 1. The molecular formula is C18H25FN2O2. The van der Waals surface area contributed by atoms with Crippen molar-refractivity contribution in [2.24, 2.45) is 10.9 Å². The molecular weight excluding hydrogens is 295 g/mol. The van der Waals surface area contributed by atoms with Gasteiger partial charge in [0.1, 0.15) is 17.3 Å². The predicted molar refractivity (Wildman–Crippen MR) is 93.0 cm³/mol. The Bertz CT molecular complexity index is 534. The second-order valence-corrected chi connectivity index (χ2v) is 5.11. The van der Waals surface area contributed by atoms with Crippen LogP contribution in [0.15, 0.2) is 53.9 Å². The van der Waals surface area contributed by atoms with Crippen LogP contribution in [-0.2, 0) is 4.79 Å². The van der Waals surface area contributed by atoms with Crippen molar-refractivity contribution in [3.8, 4) is 5.75 Å². The van der Waals surface area contributed by atoms with Crippen molar-refractivity contribution < 1.29 is 13.9 Å². The maximum Gasteiger partial charge on any atom is 0.216 e. The third kappa shape index (κ3) is 13.0. The number of hydrogen-bond acceptors (Lipinski definition) is 3. The number of hydrogen-bond donors (Lipinski definition) is 1. The molecule has 1 aromatic carbocycles. The van der Waals surface area contributed by atoms with Crippen LogP contribution in [0.3, 0.4) is 0 Å². The monoisotopic (exact) mass is 320 g/mol. The Balaban J connectivity index is 0.000000515. The van der Waals surface area contributed by atoms with E-state index in [2.05, 4.69) is 30.7 Å². The van der Waals surface area contributed by atoms with Gasteiger partial charge in [-0.25, -0.2) is 4.39 Å². The lowest BCUT2D eigenvalue weighted by molar-refractivity contribution is -0.119. The maximum absolute atomic E-state index is 12.6. The fraction of sp³-hybridized carbons (Fsp3) is 0.333. The topological polar surface area (TPSA) is 50.7 Å². The highest BCUT2D eigenvalue weighted by molar-refractivity contribution is 5.76. The Morgan fingerprint density at radius 1 is 1.39 bits per heavy atom. The minimum atomic E-state index is -0.296. The van der Waals surface area contributed by atoms with Crippen LogP contribution in [0.5, 0.6) is 5.75 Å². The molecule has 0 unspecified atom stereocenters. The molecule has 0 aromatic heterocycles. The van der Waals surface area contributed by atoms with Crippen molar-refractivity contribution >= 4 is 12.1 Å². The van der Waals surface area contributed by atoms with E-state index in [9.17, 15) is 9.18 Å². The van der Waals surface area contributed by atoms with E-state index in [1.165, 1.54) is 37.4 Å². The van der Waals surface area contributed by atoms with Crippen molar-refractivity contribution in [2.45, 2.75) is 27.7 Å². The number of carbonyl (C=O) groups excluding carboxylic acids is 1. The molecule has 1 rings (SSSR count). The van der Waals surface area contributed by atoms with Gasteiger partial charge >= 0.3 is 0 Å². The molecule has 0 atom stereocenters. The van der Waals surface area contributed by atoms with E-state index >= 15 is 0 Å². The Morgan fingerprint density at radius 3 is 2.43 bits per heavy atom. The number of amides is 1. The number of carbonyl (C=O) groups is 1. The molecule has 0 radical (unpaired) electrons. The van der Waals surface area contributed by atoms with Gasteiger partial charge in [0.05, 0.1) is 6.21 Å². The molecule has 23 heavy (non-hydrogen) atoms. The van der Waals surface area contributed by atoms with E-state index in [1.54, 1.807) is 12.3 Å². The van der Waals surface area contributed by atoms with E-state index in [0.29, 0.717) is 17.4 Å². The van der Waals surface area contributed by atoms with Gasteiger partial charge < -0.3 is 10.1 Å². The van der Waals surface area contributed by atoms with Gasteiger partial charge in [-0.1, -0.05) is 26.5 Å². The lowest BCUT2D eigenvalue weighted by Gasteiger charge is -2.03. The number of nitrogens with zero attached hydrogens (tertiary/aromatic N) is 1. The Morgan fingerprint density at radius 2 is 2.00 bits per heavy atom. The molecule has 0 heterocycles. The molecule has 126 valence electrons. The van der Waals surface area contributed by atoms with E-state index in [4.69, 9.17) is 4.74 Å². The zero-order valence-corrected chi connectivity index (χ0v) is 14.2. The van der Waals surface area contributed by atoms with Gasteiger partial charge in [-0.05, 0) is 37.1 Å². The van der Waals surface area contributed by atoms with Crippen LogP contribution in [0.25, 0.3) is 0 Å². The fourth-order valence-corrected chi connectivity index (χ4v) is 1.24. The number of ether oxygens (including phenoxy) is 1.